The van der Waals surface area contributed by atoms with E-state index in [1.54, 1.807) is 65.6 Å². The molecular formula is C26H26BrN3O5S. The molecule has 36 heavy (non-hydrogen) atoms. The van der Waals surface area contributed by atoms with Crippen molar-refractivity contribution >= 4 is 54.8 Å². The van der Waals surface area contributed by atoms with Gasteiger partial charge in [0, 0.05) is 28.8 Å². The molecule has 0 radical (unpaired) electrons. The van der Waals surface area contributed by atoms with Gasteiger partial charge >= 0.3 is 0 Å². The lowest BCUT2D eigenvalue weighted by Crippen LogP contribution is -2.38. The predicted octanol–water partition coefficient (Wildman–Crippen LogP) is 4.81. The van der Waals surface area contributed by atoms with E-state index >= 15 is 0 Å². The van der Waals surface area contributed by atoms with Crippen molar-refractivity contribution < 1.29 is 22.7 Å². The molecule has 0 saturated carbocycles. The Labute approximate surface area is 219 Å². The second-order valence-electron chi connectivity index (χ2n) is 8.14. The van der Waals surface area contributed by atoms with Crippen molar-refractivity contribution in [1.82, 2.24) is 0 Å². The molecule has 1 heterocycles. The summed E-state index contributed by atoms with van der Waals surface area (Å²) in [6.07, 6.45) is 1.36. The number of sulfonamides is 1. The molecule has 0 aliphatic carbocycles. The third kappa shape index (κ3) is 5.88. The summed E-state index contributed by atoms with van der Waals surface area (Å²) in [4.78, 5) is 26.7. The Bertz CT molecular complexity index is 1330. The number of carbonyl (C=O) groups is 2. The topological polar surface area (TPSA) is 96.0 Å². The molecule has 0 aromatic heterocycles. The Balaban J connectivity index is 1.56. The van der Waals surface area contributed by atoms with Crippen LogP contribution in [0.2, 0.25) is 0 Å². The number of hydrogen-bond acceptors (Lipinski definition) is 5. The first kappa shape index (κ1) is 25.7. The average Bonchev–Trinajstić information content (AvgIpc) is 3.30. The van der Waals surface area contributed by atoms with Crippen LogP contribution in [0.4, 0.5) is 17.1 Å². The van der Waals surface area contributed by atoms with E-state index in [1.807, 2.05) is 6.92 Å². The van der Waals surface area contributed by atoms with Gasteiger partial charge in [-0.3, -0.25) is 13.9 Å². The van der Waals surface area contributed by atoms with Crippen LogP contribution in [0.3, 0.4) is 0 Å². The molecule has 1 saturated heterocycles. The Kier molecular flexibility index (Phi) is 7.95. The van der Waals surface area contributed by atoms with Crippen LogP contribution >= 0.6 is 15.9 Å². The highest BCUT2D eigenvalue weighted by molar-refractivity contribution is 9.10. The second kappa shape index (κ2) is 11.1. The summed E-state index contributed by atoms with van der Waals surface area (Å²) < 4.78 is 34.3. The number of ether oxygens (including phenoxy) is 1. The highest BCUT2D eigenvalue weighted by Crippen LogP contribution is 2.27. The highest BCUT2D eigenvalue weighted by atomic mass is 79.9. The minimum absolute atomic E-state index is 0.0621. The van der Waals surface area contributed by atoms with E-state index in [0.29, 0.717) is 36.7 Å². The minimum Gasteiger partial charge on any atom is -0.494 e. The summed E-state index contributed by atoms with van der Waals surface area (Å²) in [6, 6.07) is 19.7. The first-order chi connectivity index (χ1) is 17.3. The van der Waals surface area contributed by atoms with Crippen molar-refractivity contribution in [2.24, 2.45) is 0 Å². The Hall–Kier alpha value is -3.37. The molecule has 10 heteroatoms. The van der Waals surface area contributed by atoms with Gasteiger partial charge in [-0.25, -0.2) is 8.42 Å². The number of rotatable bonds is 9. The molecule has 3 aromatic carbocycles. The number of nitrogens with one attached hydrogen (secondary N) is 1. The number of halogens is 1. The van der Waals surface area contributed by atoms with Gasteiger partial charge in [-0.1, -0.05) is 15.9 Å². The second-order valence-corrected chi connectivity index (χ2v) is 10.9. The predicted molar refractivity (Wildman–Crippen MR) is 143 cm³/mol. The summed E-state index contributed by atoms with van der Waals surface area (Å²) in [5.41, 5.74) is 1.60. The summed E-state index contributed by atoms with van der Waals surface area (Å²) >= 11 is 3.32. The minimum atomic E-state index is -4.04. The van der Waals surface area contributed by atoms with Gasteiger partial charge < -0.3 is 15.0 Å². The molecule has 2 amide bonds. The molecule has 0 spiro atoms. The Morgan fingerprint density at radius 3 is 2.28 bits per heavy atom. The molecular weight excluding hydrogens is 546 g/mol. The molecule has 3 aromatic rings. The SMILES string of the molecule is CCOc1ccc(N(CC(=O)Nc2ccc(N3CCCC3=O)cc2)S(=O)(=O)c2ccc(Br)cc2)cc1. The molecule has 4 rings (SSSR count). The van der Waals surface area contributed by atoms with Crippen LogP contribution in [-0.4, -0.2) is 39.9 Å². The van der Waals surface area contributed by atoms with Gasteiger partial charge in [0.05, 0.1) is 17.2 Å². The lowest BCUT2D eigenvalue weighted by molar-refractivity contribution is -0.117. The standard InChI is InChI=1S/C26H26BrN3O5S/c1-2-35-23-13-11-22(12-14-23)30(36(33,34)24-15-5-19(27)6-16-24)18-25(31)28-20-7-9-21(10-8-20)29-17-3-4-26(29)32/h5-16H,2-4,17-18H2,1H3,(H,28,31). The molecule has 1 fully saturated rings. The van der Waals surface area contributed by atoms with Gasteiger partial charge in [0.15, 0.2) is 0 Å². The monoisotopic (exact) mass is 571 g/mol. The van der Waals surface area contributed by atoms with Gasteiger partial charge in [0.1, 0.15) is 12.3 Å². The van der Waals surface area contributed by atoms with Gasteiger partial charge in [-0.05, 0) is 86.1 Å². The first-order valence-corrected chi connectivity index (χ1v) is 13.7. The van der Waals surface area contributed by atoms with Crippen LogP contribution in [0, 0.1) is 0 Å². The number of anilines is 3. The third-order valence-corrected chi connectivity index (χ3v) is 7.98. The number of carbonyl (C=O) groups excluding carboxylic acids is 2. The number of nitrogens with zero attached hydrogens (tertiary/aromatic N) is 2. The van der Waals surface area contributed by atoms with Gasteiger partial charge in [-0.15, -0.1) is 0 Å². The van der Waals surface area contributed by atoms with E-state index in [4.69, 9.17) is 4.74 Å². The zero-order valence-electron chi connectivity index (χ0n) is 19.7. The molecule has 0 bridgehead atoms. The van der Waals surface area contributed by atoms with E-state index in [9.17, 15) is 18.0 Å². The summed E-state index contributed by atoms with van der Waals surface area (Å²) in [6.45, 7) is 2.58. The Morgan fingerprint density at radius 2 is 1.69 bits per heavy atom. The number of benzene rings is 3. The molecule has 0 unspecified atom stereocenters. The zero-order valence-corrected chi connectivity index (χ0v) is 22.1. The largest absolute Gasteiger partial charge is 0.494 e. The van der Waals surface area contributed by atoms with Gasteiger partial charge in [-0.2, -0.15) is 0 Å². The maximum absolute atomic E-state index is 13.5. The zero-order chi connectivity index (χ0) is 25.7. The number of amides is 2. The van der Waals surface area contributed by atoms with E-state index < -0.39 is 22.5 Å². The smallest absolute Gasteiger partial charge is 0.264 e. The molecule has 1 aliphatic heterocycles. The molecule has 8 nitrogen and oxygen atoms in total. The quantitative estimate of drug-likeness (QED) is 0.397. The van der Waals surface area contributed by atoms with Crippen molar-refractivity contribution in [3.05, 3.63) is 77.3 Å². The highest BCUT2D eigenvalue weighted by Gasteiger charge is 2.27. The van der Waals surface area contributed by atoms with Crippen molar-refractivity contribution in [2.75, 3.05) is 34.2 Å². The van der Waals surface area contributed by atoms with Gasteiger partial charge in [0.25, 0.3) is 10.0 Å². The Morgan fingerprint density at radius 1 is 1.03 bits per heavy atom. The summed E-state index contributed by atoms with van der Waals surface area (Å²) in [7, 11) is -4.04. The lowest BCUT2D eigenvalue weighted by Gasteiger charge is -2.24. The fourth-order valence-electron chi connectivity index (χ4n) is 3.90. The number of hydrogen-bond donors (Lipinski definition) is 1. The van der Waals surface area contributed by atoms with Crippen LogP contribution in [-0.2, 0) is 19.6 Å². The van der Waals surface area contributed by atoms with E-state index in [2.05, 4.69) is 21.2 Å². The van der Waals surface area contributed by atoms with Gasteiger partial charge in [0.2, 0.25) is 11.8 Å². The van der Waals surface area contributed by atoms with Crippen molar-refractivity contribution in [1.29, 1.82) is 0 Å². The van der Waals surface area contributed by atoms with Crippen LogP contribution in [0.1, 0.15) is 19.8 Å². The molecule has 188 valence electrons. The molecule has 1 N–H and O–H groups in total. The van der Waals surface area contributed by atoms with Crippen LogP contribution in [0.5, 0.6) is 5.75 Å². The summed E-state index contributed by atoms with van der Waals surface area (Å²) in [5, 5.41) is 2.75. The third-order valence-electron chi connectivity index (χ3n) is 5.66. The van der Waals surface area contributed by atoms with E-state index in [1.165, 1.54) is 12.1 Å². The average molecular weight is 572 g/mol. The van der Waals surface area contributed by atoms with E-state index in [-0.39, 0.29) is 10.8 Å². The lowest BCUT2D eigenvalue weighted by atomic mass is 10.2. The summed E-state index contributed by atoms with van der Waals surface area (Å²) in [5.74, 6) is 0.175. The maximum atomic E-state index is 13.5. The fourth-order valence-corrected chi connectivity index (χ4v) is 5.59. The fraction of sp³-hybridized carbons (Fsp3) is 0.231. The normalized spacial score (nSPS) is 13.5. The molecule has 0 atom stereocenters. The first-order valence-electron chi connectivity index (χ1n) is 11.5. The van der Waals surface area contributed by atoms with Crippen LogP contribution < -0.4 is 19.3 Å². The van der Waals surface area contributed by atoms with Crippen LogP contribution in [0.15, 0.2) is 82.2 Å². The molecule has 1 aliphatic rings. The maximum Gasteiger partial charge on any atom is 0.264 e. The van der Waals surface area contributed by atoms with Crippen molar-refractivity contribution in [3.63, 3.8) is 0 Å². The van der Waals surface area contributed by atoms with Crippen molar-refractivity contribution in [2.45, 2.75) is 24.7 Å². The van der Waals surface area contributed by atoms with Crippen molar-refractivity contribution in [3.8, 4) is 5.75 Å². The van der Waals surface area contributed by atoms with E-state index in [0.717, 1.165) is 20.9 Å². The van der Waals surface area contributed by atoms with Crippen LogP contribution in [0.25, 0.3) is 0 Å².